The molecule has 72 valence electrons. The Balaban J connectivity index is 4.32. The number of rotatable bonds is 5. The van der Waals surface area contributed by atoms with Gasteiger partial charge in [-0.25, -0.2) is 0 Å². The topological polar surface area (TPSA) is 0 Å². The van der Waals surface area contributed by atoms with Gasteiger partial charge in [0, 0.05) is 0 Å². The summed E-state index contributed by atoms with van der Waals surface area (Å²) in [5, 5.41) is 0. The Labute approximate surface area is 78.1 Å². The van der Waals surface area contributed by atoms with Crippen molar-refractivity contribution in [2.75, 3.05) is 0 Å². The second kappa shape index (κ2) is 6.28. The van der Waals surface area contributed by atoms with E-state index in [-0.39, 0.29) is 0 Å². The first-order valence-corrected chi connectivity index (χ1v) is 5.35. The standard InChI is InChI=1S/C12H24/c1-6-9-11(5)12(8-3)10(4)7-2/h11H,6-9H2,1-5H3. The van der Waals surface area contributed by atoms with Crippen LogP contribution in [-0.4, -0.2) is 0 Å². The van der Waals surface area contributed by atoms with Crippen LogP contribution in [0.25, 0.3) is 0 Å². The van der Waals surface area contributed by atoms with Gasteiger partial charge in [-0.15, -0.1) is 0 Å². The van der Waals surface area contributed by atoms with Gasteiger partial charge in [-0.2, -0.15) is 0 Å². The van der Waals surface area contributed by atoms with Crippen molar-refractivity contribution in [2.45, 2.75) is 60.3 Å². The Bertz CT molecular complexity index is 142. The normalized spacial score (nSPS) is 15.8. The highest BCUT2D eigenvalue weighted by molar-refractivity contribution is 5.13. The molecule has 0 aliphatic heterocycles. The van der Waals surface area contributed by atoms with Crippen LogP contribution >= 0.6 is 0 Å². The number of hydrogen-bond donors (Lipinski definition) is 0. The zero-order chi connectivity index (χ0) is 9.56. The molecule has 0 spiro atoms. The Morgan fingerprint density at radius 1 is 1.08 bits per heavy atom. The van der Waals surface area contributed by atoms with E-state index in [4.69, 9.17) is 0 Å². The molecule has 0 saturated heterocycles. The van der Waals surface area contributed by atoms with E-state index >= 15 is 0 Å². The van der Waals surface area contributed by atoms with E-state index in [9.17, 15) is 0 Å². The molecule has 0 aromatic heterocycles. The Kier molecular flexibility index (Phi) is 6.14. The van der Waals surface area contributed by atoms with Gasteiger partial charge in [0.2, 0.25) is 0 Å². The fraction of sp³-hybridized carbons (Fsp3) is 0.833. The summed E-state index contributed by atoms with van der Waals surface area (Å²) < 4.78 is 0. The van der Waals surface area contributed by atoms with Gasteiger partial charge in [-0.05, 0) is 32.1 Å². The summed E-state index contributed by atoms with van der Waals surface area (Å²) in [4.78, 5) is 0. The molecule has 0 aliphatic carbocycles. The molecule has 0 heteroatoms. The lowest BCUT2D eigenvalue weighted by Crippen LogP contribution is -2.00. The fourth-order valence-corrected chi connectivity index (χ4v) is 1.91. The average molecular weight is 168 g/mol. The first-order chi connectivity index (χ1) is 5.67. The molecule has 0 fully saturated rings. The maximum absolute atomic E-state index is 2.36. The van der Waals surface area contributed by atoms with Crippen LogP contribution in [0.4, 0.5) is 0 Å². The average Bonchev–Trinajstić information content (AvgIpc) is 2.06. The minimum atomic E-state index is 0.806. The summed E-state index contributed by atoms with van der Waals surface area (Å²) in [6.45, 7) is 11.4. The maximum atomic E-state index is 2.36. The second-order valence-corrected chi connectivity index (χ2v) is 3.70. The summed E-state index contributed by atoms with van der Waals surface area (Å²) in [5.74, 6) is 0.806. The van der Waals surface area contributed by atoms with E-state index in [1.807, 2.05) is 0 Å². The molecule has 1 atom stereocenters. The molecule has 0 aromatic carbocycles. The van der Waals surface area contributed by atoms with E-state index < -0.39 is 0 Å². The summed E-state index contributed by atoms with van der Waals surface area (Å²) >= 11 is 0. The molecule has 0 N–H and O–H groups in total. The molecule has 0 nitrogen and oxygen atoms in total. The smallest absolute Gasteiger partial charge is 0.0229 e. The largest absolute Gasteiger partial charge is 0.0741 e. The third-order valence-corrected chi connectivity index (χ3v) is 2.78. The summed E-state index contributed by atoms with van der Waals surface area (Å²) in [7, 11) is 0. The number of hydrogen-bond acceptors (Lipinski definition) is 0. The second-order valence-electron chi connectivity index (χ2n) is 3.70. The predicted molar refractivity (Wildman–Crippen MR) is 57.4 cm³/mol. The van der Waals surface area contributed by atoms with E-state index in [2.05, 4.69) is 34.6 Å². The quantitative estimate of drug-likeness (QED) is 0.528. The van der Waals surface area contributed by atoms with Gasteiger partial charge in [0.1, 0.15) is 0 Å². The van der Waals surface area contributed by atoms with Crippen molar-refractivity contribution in [1.29, 1.82) is 0 Å². The molecule has 0 heterocycles. The molecule has 0 aromatic rings. The molecule has 0 bridgehead atoms. The van der Waals surface area contributed by atoms with E-state index in [0.29, 0.717) is 0 Å². The van der Waals surface area contributed by atoms with Gasteiger partial charge in [0.15, 0.2) is 0 Å². The molecule has 12 heavy (non-hydrogen) atoms. The Hall–Kier alpha value is -0.260. The van der Waals surface area contributed by atoms with Crippen LogP contribution in [0.2, 0.25) is 0 Å². The Morgan fingerprint density at radius 3 is 2.00 bits per heavy atom. The highest BCUT2D eigenvalue weighted by Crippen LogP contribution is 2.24. The maximum Gasteiger partial charge on any atom is -0.0229 e. The predicted octanol–water partition coefficient (Wildman–Crippen LogP) is 4.56. The van der Waals surface area contributed by atoms with Crippen molar-refractivity contribution in [1.82, 2.24) is 0 Å². The van der Waals surface area contributed by atoms with Crippen molar-refractivity contribution < 1.29 is 0 Å². The minimum Gasteiger partial charge on any atom is -0.0741 e. The molecule has 0 amide bonds. The minimum absolute atomic E-state index is 0.806. The van der Waals surface area contributed by atoms with Gasteiger partial charge in [0.05, 0.1) is 0 Å². The lowest BCUT2D eigenvalue weighted by molar-refractivity contribution is 0.577. The van der Waals surface area contributed by atoms with Crippen LogP contribution < -0.4 is 0 Å². The molecule has 0 aliphatic rings. The van der Waals surface area contributed by atoms with Gasteiger partial charge in [0.25, 0.3) is 0 Å². The Morgan fingerprint density at radius 2 is 1.67 bits per heavy atom. The fourth-order valence-electron chi connectivity index (χ4n) is 1.91. The van der Waals surface area contributed by atoms with Crippen LogP contribution in [0, 0.1) is 5.92 Å². The third-order valence-electron chi connectivity index (χ3n) is 2.78. The van der Waals surface area contributed by atoms with Crippen LogP contribution in [0.15, 0.2) is 11.1 Å². The van der Waals surface area contributed by atoms with Crippen LogP contribution in [0.5, 0.6) is 0 Å². The van der Waals surface area contributed by atoms with Crippen molar-refractivity contribution in [2.24, 2.45) is 5.92 Å². The molecule has 0 saturated carbocycles. The molecule has 1 unspecified atom stereocenters. The van der Waals surface area contributed by atoms with Gasteiger partial charge in [-0.1, -0.05) is 45.3 Å². The first kappa shape index (κ1) is 11.7. The highest BCUT2D eigenvalue weighted by Gasteiger charge is 2.07. The molecular weight excluding hydrogens is 144 g/mol. The summed E-state index contributed by atoms with van der Waals surface area (Å²) in [6, 6.07) is 0. The van der Waals surface area contributed by atoms with E-state index in [1.54, 1.807) is 11.1 Å². The summed E-state index contributed by atoms with van der Waals surface area (Å²) in [5.41, 5.74) is 3.30. The van der Waals surface area contributed by atoms with Crippen molar-refractivity contribution in [3.8, 4) is 0 Å². The van der Waals surface area contributed by atoms with Crippen molar-refractivity contribution in [3.05, 3.63) is 11.1 Å². The van der Waals surface area contributed by atoms with Gasteiger partial charge < -0.3 is 0 Å². The molecule has 0 radical (unpaired) electrons. The van der Waals surface area contributed by atoms with E-state index in [0.717, 1.165) is 5.92 Å². The van der Waals surface area contributed by atoms with Crippen LogP contribution in [0.3, 0.4) is 0 Å². The number of allylic oxidation sites excluding steroid dienone is 2. The van der Waals surface area contributed by atoms with Crippen molar-refractivity contribution >= 4 is 0 Å². The van der Waals surface area contributed by atoms with Crippen LogP contribution in [0.1, 0.15) is 60.3 Å². The first-order valence-electron chi connectivity index (χ1n) is 5.35. The zero-order valence-electron chi connectivity index (χ0n) is 9.41. The summed E-state index contributed by atoms with van der Waals surface area (Å²) in [6.07, 6.45) is 5.11. The molecule has 0 rings (SSSR count). The van der Waals surface area contributed by atoms with Gasteiger partial charge in [-0.3, -0.25) is 0 Å². The zero-order valence-corrected chi connectivity index (χ0v) is 9.41. The lowest BCUT2D eigenvalue weighted by Gasteiger charge is -2.16. The van der Waals surface area contributed by atoms with Crippen LogP contribution in [-0.2, 0) is 0 Å². The monoisotopic (exact) mass is 168 g/mol. The van der Waals surface area contributed by atoms with E-state index in [1.165, 1.54) is 25.7 Å². The SMILES string of the molecule is CCCC(C)C(CC)=C(C)CC. The lowest BCUT2D eigenvalue weighted by atomic mass is 9.90. The van der Waals surface area contributed by atoms with Gasteiger partial charge >= 0.3 is 0 Å². The highest BCUT2D eigenvalue weighted by atomic mass is 14.1. The molecular formula is C12H24. The van der Waals surface area contributed by atoms with Crippen molar-refractivity contribution in [3.63, 3.8) is 0 Å². The third kappa shape index (κ3) is 3.42.